The quantitative estimate of drug-likeness (QED) is 0.0161. The molecule has 0 spiro atoms. The van der Waals surface area contributed by atoms with Crippen molar-refractivity contribution >= 4 is 36.0 Å². The van der Waals surface area contributed by atoms with E-state index in [9.17, 15) is 58.5 Å². The Labute approximate surface area is 577 Å². The number of nitrogens with zero attached hydrogens (tertiary/aromatic N) is 4. The molecule has 6 aromatic rings. The molecular weight excluding hydrogens is 1350 g/mol. The van der Waals surface area contributed by atoms with Gasteiger partial charge in [0, 0.05) is 48.9 Å². The maximum atomic E-state index is 11.7. The zero-order chi connectivity index (χ0) is 67.4. The van der Waals surface area contributed by atoms with Crippen LogP contribution in [-0.4, -0.2) is 137 Å². The summed E-state index contributed by atoms with van der Waals surface area (Å²) in [5.41, 5.74) is -8.60. The van der Waals surface area contributed by atoms with E-state index in [2.05, 4.69) is 126 Å². The Morgan fingerprint density at radius 2 is 0.728 bits per heavy atom. The van der Waals surface area contributed by atoms with Gasteiger partial charge in [0.2, 0.25) is 0 Å². The van der Waals surface area contributed by atoms with Crippen molar-refractivity contribution < 1.29 is 103 Å². The van der Waals surface area contributed by atoms with Crippen molar-refractivity contribution in [3.8, 4) is 0 Å². The van der Waals surface area contributed by atoms with E-state index in [0.717, 1.165) is 90.9 Å². The Morgan fingerprint density at radius 1 is 0.489 bits per heavy atom. The van der Waals surface area contributed by atoms with Crippen LogP contribution in [0.15, 0.2) is 220 Å². The van der Waals surface area contributed by atoms with Gasteiger partial charge in [0.25, 0.3) is 0 Å². The molecule has 11 nitrogen and oxygen atoms in total. The Bertz CT molecular complexity index is 3070. The van der Waals surface area contributed by atoms with Crippen LogP contribution in [0.25, 0.3) is 4.13 Å². The van der Waals surface area contributed by atoms with Gasteiger partial charge >= 0.3 is 29.9 Å². The molecule has 0 fully saturated rings. The summed E-state index contributed by atoms with van der Waals surface area (Å²) in [5, 5.41) is 35.9. The summed E-state index contributed by atoms with van der Waals surface area (Å²) in [7, 11) is -0.604. The summed E-state index contributed by atoms with van der Waals surface area (Å²) >= 11 is 3.24. The fourth-order valence-electron chi connectivity index (χ4n) is 10.2. The monoisotopic (exact) mass is 1450 g/mol. The number of likely N-dealkylation sites (N-methyl/N-ethyl adjacent to an activating group) is 2. The van der Waals surface area contributed by atoms with E-state index in [4.69, 9.17) is 0 Å². The van der Waals surface area contributed by atoms with Gasteiger partial charge in [-0.3, -0.25) is 0 Å². The van der Waals surface area contributed by atoms with Gasteiger partial charge in [0.05, 0.1) is 60.0 Å². The molecule has 22 heteroatoms. The first-order valence-corrected chi connectivity index (χ1v) is 32.9. The molecule has 0 saturated carbocycles. The zero-order valence-corrected chi connectivity index (χ0v) is 58.9. The van der Waals surface area contributed by atoms with Gasteiger partial charge in [-0.2, -0.15) is 26.3 Å². The average Bonchev–Trinajstić information content (AvgIpc) is 0.840. The van der Waals surface area contributed by atoms with E-state index >= 15 is 0 Å². The van der Waals surface area contributed by atoms with Crippen molar-refractivity contribution in [2.45, 2.75) is 81.7 Å². The maximum absolute atomic E-state index is 11.7. The molecule has 0 aromatic heterocycles. The fourth-order valence-corrected chi connectivity index (χ4v) is 12.2. The molecule has 0 aliphatic rings. The SMILES string of the molecule is C.C=CCCBr.C=CC[N+](C)(C)C[C@@H](C)[C@@](O)(Cc1ccccc1)c1ccccc1.C=CC[N+](C)(C)C[C@@H](C)[C@@](O)(Cc1ccccc1)c1ccccc1.C[C@H](CN(C)C)[C@@](O)(Cc1ccccc1)c1ccccc1.O=S(=O)([N-]S(=O)(=O)C(F)(F)F)C(F)(F)F.[Br-].[Li+]. The Morgan fingerprint density at radius 3 is 0.924 bits per heavy atom. The summed E-state index contributed by atoms with van der Waals surface area (Å²) in [6, 6.07) is 60.9. The number of benzene rings is 6. The third-order valence-electron chi connectivity index (χ3n) is 14.7. The van der Waals surface area contributed by atoms with Crippen LogP contribution in [0.1, 0.15) is 68.0 Å². The molecule has 6 rings (SSSR count). The predicted octanol–water partition coefficient (Wildman–Crippen LogP) is 9.01. The number of sulfonamides is 2. The van der Waals surface area contributed by atoms with Gasteiger partial charge in [-0.05, 0) is 66.0 Å². The minimum atomic E-state index is -6.72. The van der Waals surface area contributed by atoms with Crippen LogP contribution in [0, 0.1) is 17.8 Å². The summed E-state index contributed by atoms with van der Waals surface area (Å²) in [6.45, 7) is 22.1. The summed E-state index contributed by atoms with van der Waals surface area (Å²) in [4.78, 5) is 2.13. The minimum Gasteiger partial charge on any atom is -1.00 e. The number of hydrogen-bond donors (Lipinski definition) is 3. The van der Waals surface area contributed by atoms with Gasteiger partial charge in [-0.25, -0.2) is 16.8 Å². The van der Waals surface area contributed by atoms with E-state index in [1.807, 2.05) is 178 Å². The third-order valence-corrected chi connectivity index (χ3v) is 17.9. The molecule has 0 unspecified atom stereocenters. The smallest absolute Gasteiger partial charge is 1.00 e. The average molecular weight is 1450 g/mol. The third kappa shape index (κ3) is 29.9. The van der Waals surface area contributed by atoms with Gasteiger partial charge < -0.3 is 50.3 Å². The largest absolute Gasteiger partial charge is 1.00 e. The zero-order valence-electron chi connectivity index (χ0n) is 54.1. The molecule has 0 bridgehead atoms. The summed E-state index contributed by atoms with van der Waals surface area (Å²) in [5.74, 6) is 0.347. The van der Waals surface area contributed by atoms with Crippen LogP contribution >= 0.6 is 15.9 Å². The van der Waals surface area contributed by atoms with E-state index in [-0.39, 0.29) is 61.0 Å². The van der Waals surface area contributed by atoms with Gasteiger partial charge in [-0.15, -0.1) is 6.58 Å². The van der Waals surface area contributed by atoms with Crippen molar-refractivity contribution in [1.29, 1.82) is 0 Å². The topological polar surface area (TPSA) is 146 Å². The molecule has 6 atom stereocenters. The molecule has 0 amide bonds. The van der Waals surface area contributed by atoms with Crippen LogP contribution in [0.5, 0.6) is 0 Å². The van der Waals surface area contributed by atoms with E-state index < -0.39 is 47.9 Å². The van der Waals surface area contributed by atoms with Crippen molar-refractivity contribution in [2.24, 2.45) is 17.8 Å². The normalized spacial score (nSPS) is 14.6. The molecule has 0 aliphatic carbocycles. The van der Waals surface area contributed by atoms with Gasteiger partial charge in [0.15, 0.2) is 20.0 Å². The second kappa shape index (κ2) is 41.3. The number of halogens is 8. The van der Waals surface area contributed by atoms with Crippen LogP contribution in [0.2, 0.25) is 0 Å². The van der Waals surface area contributed by atoms with Crippen LogP contribution < -0.4 is 35.8 Å². The maximum Gasteiger partial charge on any atom is 1.00 e. The number of quaternary nitrogens is 2. The van der Waals surface area contributed by atoms with E-state index in [1.165, 1.54) is 0 Å². The van der Waals surface area contributed by atoms with Crippen molar-refractivity contribution in [3.63, 3.8) is 0 Å². The van der Waals surface area contributed by atoms with Crippen molar-refractivity contribution in [3.05, 3.63) is 257 Å². The van der Waals surface area contributed by atoms with Crippen LogP contribution in [0.3, 0.4) is 0 Å². The standard InChI is InChI=1S/2C22H30NO.C19H25NO.C4H7Br.C2F6NO4S2.CH4.BrH.Li/c2*1-5-16-23(3,4)18-19(2)22(24,21-14-10-7-11-15-21)17-20-12-8-6-9-13-20;1-16(15-20(2)3)19(21,18-12-8-5-9-13-18)14-17-10-6-4-7-11-17;1-2-3-4-5;3-1(4,5)14(10,11)9-15(12,13)2(6,7)8;;;/h2*5-15,19,24H,1,16-18H2,2-4H3;4-13,16,21H,14-15H2,1-3H3;2H,1,3-4H2;;1H4;1H;/q2*+1;;;-1;;;+1/p-1/t2*19-,22+;16-,19+;;;;;/m111...../s1. The van der Waals surface area contributed by atoms with E-state index in [1.54, 1.807) is 0 Å². The fraction of sp³-hybridized carbons (Fsp3) is 0.400. The number of alkyl halides is 7. The molecule has 0 heterocycles. The first kappa shape index (κ1) is 89.4. The van der Waals surface area contributed by atoms with Gasteiger partial charge in [-0.1, -0.05) is 245 Å². The Kier molecular flexibility index (Phi) is 40.1. The first-order chi connectivity index (χ1) is 41.4. The van der Waals surface area contributed by atoms with E-state index in [0.29, 0.717) is 19.3 Å². The second-order valence-corrected chi connectivity index (χ2v) is 27.9. The Hall–Kier alpha value is -4.70. The molecule has 506 valence electrons. The molecular formula is C70H96Br2F6LiN4O7S2+. The number of rotatable bonds is 26. The van der Waals surface area contributed by atoms with Crippen molar-refractivity contribution in [2.75, 3.05) is 80.3 Å². The molecule has 3 N–H and O–H groups in total. The number of allylic oxidation sites excluding steroid dienone is 1. The summed E-state index contributed by atoms with van der Waals surface area (Å²) in [6.07, 6.45) is 8.72. The first-order valence-electron chi connectivity index (χ1n) is 28.9. The number of hydrogen-bond acceptors (Lipinski definition) is 8. The molecule has 0 radical (unpaired) electrons. The molecule has 0 aliphatic heterocycles. The summed E-state index contributed by atoms with van der Waals surface area (Å²) < 4.78 is 111. The minimum absolute atomic E-state index is 0. The molecule has 0 saturated heterocycles. The van der Waals surface area contributed by atoms with Gasteiger partial charge in [0.1, 0.15) is 11.2 Å². The molecule has 92 heavy (non-hydrogen) atoms. The predicted molar refractivity (Wildman–Crippen MR) is 360 cm³/mol. The van der Waals surface area contributed by atoms with Crippen molar-refractivity contribution in [1.82, 2.24) is 4.90 Å². The number of aliphatic hydroxyl groups is 3. The Balaban J connectivity index is 0. The second-order valence-electron chi connectivity index (χ2n) is 23.7. The van der Waals surface area contributed by atoms with Crippen LogP contribution in [-0.2, 0) is 56.1 Å². The van der Waals surface area contributed by atoms with Crippen LogP contribution in [0.4, 0.5) is 26.3 Å². The molecule has 6 aromatic carbocycles.